The largest absolute Gasteiger partial charge is 0.506 e. The number of aliphatic hydroxyl groups excluding tert-OH is 1. The number of ether oxygens (including phenoxy) is 3. The highest BCUT2D eigenvalue weighted by atomic mass is 19.1. The molecule has 2 aromatic heterocycles. The van der Waals surface area contributed by atoms with Gasteiger partial charge in [0.1, 0.15) is 18.2 Å². The normalized spacial score (nSPS) is 19.2. The van der Waals surface area contributed by atoms with Crippen molar-refractivity contribution < 1.29 is 33.6 Å². The molecule has 0 spiro atoms. The summed E-state index contributed by atoms with van der Waals surface area (Å²) in [6, 6.07) is 2.56. The fourth-order valence-electron chi connectivity index (χ4n) is 3.97. The van der Waals surface area contributed by atoms with Crippen molar-refractivity contribution in [2.24, 2.45) is 11.8 Å². The van der Waals surface area contributed by atoms with Gasteiger partial charge in [0.2, 0.25) is 11.8 Å². The van der Waals surface area contributed by atoms with Crippen molar-refractivity contribution in [3.63, 3.8) is 0 Å². The number of nitrogens with zero attached hydrogens (tertiary/aromatic N) is 4. The first kappa shape index (κ1) is 21.7. The highest BCUT2D eigenvalue weighted by Crippen LogP contribution is 2.39. The summed E-state index contributed by atoms with van der Waals surface area (Å²) in [4.78, 5) is 23.7. The molecule has 32 heavy (non-hydrogen) atoms. The summed E-state index contributed by atoms with van der Waals surface area (Å²) < 4.78 is 32.3. The molecule has 1 aliphatic rings. The van der Waals surface area contributed by atoms with Crippen LogP contribution in [0.5, 0.6) is 5.88 Å². The fourth-order valence-corrected chi connectivity index (χ4v) is 3.97. The predicted octanol–water partition coefficient (Wildman–Crippen LogP) is 2.06. The number of hydrogen-bond acceptors (Lipinski definition) is 9. The number of nitrogens with two attached hydrogens (primary N) is 1. The summed E-state index contributed by atoms with van der Waals surface area (Å²) >= 11 is 0. The molecule has 11 nitrogen and oxygen atoms in total. The summed E-state index contributed by atoms with van der Waals surface area (Å²) in [7, 11) is 1.40. The second kappa shape index (κ2) is 8.55. The SMILES string of the molecule is COc1nc(N)nc2c1ncn2-c1cc(C(OC(=O)O)C2COCC2C)c(CO)cc1F. The average Bonchev–Trinajstić information content (AvgIpc) is 3.37. The van der Waals surface area contributed by atoms with Gasteiger partial charge < -0.3 is 30.2 Å². The number of aliphatic hydroxyl groups is 1. The molecular formula is C20H22FN5O6. The third-order valence-corrected chi connectivity index (χ3v) is 5.56. The van der Waals surface area contributed by atoms with Gasteiger partial charge in [-0.1, -0.05) is 6.92 Å². The van der Waals surface area contributed by atoms with Crippen molar-refractivity contribution >= 4 is 23.3 Å². The molecule has 3 heterocycles. The first-order valence-electron chi connectivity index (χ1n) is 9.79. The number of carboxylic acid groups (broad SMARTS) is 1. The first-order valence-corrected chi connectivity index (χ1v) is 9.79. The summed E-state index contributed by atoms with van der Waals surface area (Å²) in [6.07, 6.45) is -1.13. The molecule has 3 aromatic rings. The molecule has 170 valence electrons. The second-order valence-electron chi connectivity index (χ2n) is 7.52. The lowest BCUT2D eigenvalue weighted by Gasteiger charge is -2.27. The Morgan fingerprint density at radius 2 is 2.19 bits per heavy atom. The maximum absolute atomic E-state index is 15.1. The van der Waals surface area contributed by atoms with Crippen molar-refractivity contribution in [1.29, 1.82) is 0 Å². The Morgan fingerprint density at radius 1 is 1.41 bits per heavy atom. The second-order valence-corrected chi connectivity index (χ2v) is 7.52. The molecular weight excluding hydrogens is 425 g/mol. The molecule has 0 saturated carbocycles. The molecule has 0 bridgehead atoms. The number of imidazole rings is 1. The smallest absolute Gasteiger partial charge is 0.479 e. The van der Waals surface area contributed by atoms with E-state index in [1.807, 2.05) is 6.92 Å². The van der Waals surface area contributed by atoms with Gasteiger partial charge in [0, 0.05) is 18.1 Å². The highest BCUT2D eigenvalue weighted by Gasteiger charge is 2.37. The van der Waals surface area contributed by atoms with Gasteiger partial charge in [0.15, 0.2) is 11.2 Å². The van der Waals surface area contributed by atoms with Gasteiger partial charge in [-0.15, -0.1) is 0 Å². The molecule has 1 aromatic carbocycles. The lowest BCUT2D eigenvalue weighted by atomic mass is 9.86. The van der Waals surface area contributed by atoms with E-state index in [2.05, 4.69) is 15.0 Å². The molecule has 1 aliphatic heterocycles. The van der Waals surface area contributed by atoms with Crippen LogP contribution in [0.25, 0.3) is 16.9 Å². The standard InChI is InChI=1S/C20H22FN5O6/c1-9-6-31-7-12(9)16(32-20(28)29)11-4-14(13(21)3-10(11)5-27)26-8-23-15-17(26)24-19(22)25-18(15)30-2/h3-4,8-9,12,16,27H,5-7H2,1-2H3,(H,28,29)(H2,22,24,25). The van der Waals surface area contributed by atoms with Gasteiger partial charge in [-0.25, -0.2) is 14.2 Å². The van der Waals surface area contributed by atoms with Crippen LogP contribution in [-0.2, 0) is 16.1 Å². The van der Waals surface area contributed by atoms with Crippen molar-refractivity contribution in [2.75, 3.05) is 26.1 Å². The van der Waals surface area contributed by atoms with E-state index in [1.165, 1.54) is 24.1 Å². The molecule has 1 saturated heterocycles. The van der Waals surface area contributed by atoms with Crippen LogP contribution in [0.4, 0.5) is 15.1 Å². The molecule has 4 rings (SSSR count). The zero-order chi connectivity index (χ0) is 23.0. The third-order valence-electron chi connectivity index (χ3n) is 5.56. The van der Waals surface area contributed by atoms with Crippen LogP contribution in [0.1, 0.15) is 24.2 Å². The topological polar surface area (TPSA) is 155 Å². The van der Waals surface area contributed by atoms with Gasteiger partial charge in [-0.05, 0) is 23.6 Å². The van der Waals surface area contributed by atoms with E-state index in [0.717, 1.165) is 6.07 Å². The average molecular weight is 447 g/mol. The Bertz CT molecular complexity index is 1170. The van der Waals surface area contributed by atoms with Crippen molar-refractivity contribution in [1.82, 2.24) is 19.5 Å². The van der Waals surface area contributed by atoms with Crippen LogP contribution < -0.4 is 10.5 Å². The molecule has 0 amide bonds. The Balaban J connectivity index is 1.90. The number of benzene rings is 1. The van der Waals surface area contributed by atoms with E-state index >= 15 is 4.39 Å². The molecule has 12 heteroatoms. The number of carbonyl (C=O) groups is 1. The van der Waals surface area contributed by atoms with E-state index < -0.39 is 24.7 Å². The van der Waals surface area contributed by atoms with Crippen molar-refractivity contribution in [2.45, 2.75) is 19.6 Å². The monoisotopic (exact) mass is 447 g/mol. The first-order chi connectivity index (χ1) is 15.3. The summed E-state index contributed by atoms with van der Waals surface area (Å²) in [6.45, 7) is 2.11. The summed E-state index contributed by atoms with van der Waals surface area (Å²) in [5.74, 6) is -0.966. The van der Waals surface area contributed by atoms with Crippen LogP contribution in [0.2, 0.25) is 0 Å². The Kier molecular flexibility index (Phi) is 5.80. The van der Waals surface area contributed by atoms with Crippen LogP contribution in [0.3, 0.4) is 0 Å². The lowest BCUT2D eigenvalue weighted by Crippen LogP contribution is -2.25. The third kappa shape index (κ3) is 3.78. The minimum Gasteiger partial charge on any atom is -0.479 e. The van der Waals surface area contributed by atoms with E-state index in [9.17, 15) is 15.0 Å². The number of aromatic nitrogens is 4. The van der Waals surface area contributed by atoms with E-state index in [-0.39, 0.29) is 52.7 Å². The van der Waals surface area contributed by atoms with Crippen LogP contribution in [0.15, 0.2) is 18.5 Å². The van der Waals surface area contributed by atoms with Crippen molar-refractivity contribution in [3.05, 3.63) is 35.4 Å². The highest BCUT2D eigenvalue weighted by molar-refractivity contribution is 5.79. The molecule has 1 fully saturated rings. The predicted molar refractivity (Wildman–Crippen MR) is 109 cm³/mol. The van der Waals surface area contributed by atoms with E-state index in [4.69, 9.17) is 19.9 Å². The molecule has 0 radical (unpaired) electrons. The zero-order valence-electron chi connectivity index (χ0n) is 17.4. The van der Waals surface area contributed by atoms with Gasteiger partial charge in [0.05, 0.1) is 26.0 Å². The van der Waals surface area contributed by atoms with Crippen LogP contribution in [-0.4, -0.2) is 56.2 Å². The summed E-state index contributed by atoms with van der Waals surface area (Å²) in [5, 5.41) is 19.2. The lowest BCUT2D eigenvalue weighted by molar-refractivity contribution is 0.0136. The van der Waals surface area contributed by atoms with Crippen LogP contribution >= 0.6 is 0 Å². The summed E-state index contributed by atoms with van der Waals surface area (Å²) in [5.41, 5.74) is 6.76. The molecule has 3 atom stereocenters. The maximum Gasteiger partial charge on any atom is 0.506 e. The number of methoxy groups -OCH3 is 1. The number of rotatable bonds is 6. The van der Waals surface area contributed by atoms with Crippen molar-refractivity contribution in [3.8, 4) is 11.6 Å². The molecule has 3 unspecified atom stereocenters. The number of anilines is 1. The maximum atomic E-state index is 15.1. The Labute approximate surface area is 181 Å². The number of halogens is 1. The number of nitrogen functional groups attached to an aromatic ring is 1. The van der Waals surface area contributed by atoms with Gasteiger partial charge in [-0.3, -0.25) is 4.57 Å². The molecule has 4 N–H and O–H groups in total. The zero-order valence-corrected chi connectivity index (χ0v) is 17.4. The fraction of sp³-hybridized carbons (Fsp3) is 0.400. The van der Waals surface area contributed by atoms with E-state index in [0.29, 0.717) is 12.2 Å². The van der Waals surface area contributed by atoms with Gasteiger partial charge >= 0.3 is 6.16 Å². The minimum absolute atomic E-state index is 0.00901. The number of hydrogen-bond donors (Lipinski definition) is 3. The van der Waals surface area contributed by atoms with Crippen LogP contribution in [0, 0.1) is 17.7 Å². The number of fused-ring (bicyclic) bond motifs is 1. The van der Waals surface area contributed by atoms with Gasteiger partial charge in [-0.2, -0.15) is 9.97 Å². The van der Waals surface area contributed by atoms with E-state index in [1.54, 1.807) is 0 Å². The quantitative estimate of drug-likeness (QED) is 0.478. The Morgan fingerprint density at radius 3 is 2.81 bits per heavy atom. The molecule has 0 aliphatic carbocycles. The van der Waals surface area contributed by atoms with Gasteiger partial charge in [0.25, 0.3) is 0 Å². The minimum atomic E-state index is -1.48. The Hall–Kier alpha value is -3.51.